The van der Waals surface area contributed by atoms with Crippen molar-refractivity contribution in [3.05, 3.63) is 49.0 Å². The fourth-order valence-corrected chi connectivity index (χ4v) is 3.43. The average molecular weight is 334 g/mol. The third-order valence-corrected chi connectivity index (χ3v) is 6.83. The second-order valence-corrected chi connectivity index (χ2v) is 10.7. The molecule has 0 aliphatic rings. The number of benzene rings is 1. The highest BCUT2D eigenvalue weighted by Gasteiger charge is 2.19. The van der Waals surface area contributed by atoms with Crippen LogP contribution < -0.4 is 5.19 Å². The van der Waals surface area contributed by atoms with Gasteiger partial charge in [-0.05, 0) is 18.6 Å². The molecular weight excluding hydrogens is 304 g/mol. The number of carbonyl (C=O) groups is 1. The molecule has 0 amide bonds. The molecule has 1 radical (unpaired) electrons. The summed E-state index contributed by atoms with van der Waals surface area (Å²) < 4.78 is 0. The van der Waals surface area contributed by atoms with Crippen LogP contribution >= 0.6 is 0 Å². The summed E-state index contributed by atoms with van der Waals surface area (Å²) in [4.78, 5) is 21.7. The molecule has 3 nitrogen and oxygen atoms in total. The molecule has 0 spiro atoms. The Morgan fingerprint density at radius 3 is 2.30 bits per heavy atom. The van der Waals surface area contributed by atoms with Gasteiger partial charge in [0.25, 0.3) is 0 Å². The zero-order valence-corrected chi connectivity index (χ0v) is 15.5. The van der Waals surface area contributed by atoms with Crippen LogP contribution in [0, 0.1) is 6.92 Å². The molecule has 0 bridgehead atoms. The van der Waals surface area contributed by atoms with Crippen molar-refractivity contribution in [2.75, 3.05) is 6.61 Å². The van der Waals surface area contributed by atoms with Crippen molar-refractivity contribution in [2.24, 2.45) is 0 Å². The Kier molecular flexibility index (Phi) is 8.88. The summed E-state index contributed by atoms with van der Waals surface area (Å²) in [6, 6.07) is 7.54. The topological polar surface area (TPSA) is 35.5 Å². The lowest BCUT2D eigenvalue weighted by Gasteiger charge is -2.17. The summed E-state index contributed by atoms with van der Waals surface area (Å²) in [5.41, 5.74) is 2.54. The van der Waals surface area contributed by atoms with E-state index >= 15 is 0 Å². The Morgan fingerprint density at radius 2 is 1.70 bits per heavy atom. The molecule has 127 valence electrons. The third-order valence-electron chi connectivity index (χ3n) is 3.99. The van der Waals surface area contributed by atoms with E-state index in [0.29, 0.717) is 12.2 Å². The van der Waals surface area contributed by atoms with Gasteiger partial charge in [-0.2, -0.15) is 4.89 Å². The van der Waals surface area contributed by atoms with Crippen LogP contribution in [0.25, 0.3) is 0 Å². The van der Waals surface area contributed by atoms with E-state index in [1.807, 2.05) is 17.8 Å². The number of hydrogen-bond acceptors (Lipinski definition) is 3. The molecule has 0 unspecified atom stereocenters. The maximum Gasteiger partial charge on any atom is 0.373 e. The first kappa shape index (κ1) is 19.7. The van der Waals surface area contributed by atoms with Gasteiger partial charge in [-0.15, -0.1) is 6.58 Å². The monoisotopic (exact) mass is 333 g/mol. The normalized spacial score (nSPS) is 11.3. The lowest BCUT2D eigenvalue weighted by molar-refractivity contribution is -0.241. The standard InChI is InChI=1S/C19H29O3Si/c1-5-7-8-9-10-11-16-21-22-19(20)17-12-14-18(15-13-17)23(3,4)6-2/h6,12-15H,1-2,5,7-11,16H2,3-4H3. The highest BCUT2D eigenvalue weighted by Crippen LogP contribution is 2.08. The molecule has 0 N–H and O–H groups in total. The van der Waals surface area contributed by atoms with E-state index in [4.69, 9.17) is 9.78 Å². The summed E-state index contributed by atoms with van der Waals surface area (Å²) >= 11 is 0. The first-order valence-electron chi connectivity index (χ1n) is 8.38. The number of hydrogen-bond donors (Lipinski definition) is 0. The maximum absolute atomic E-state index is 11.9. The molecule has 1 rings (SSSR count). The van der Waals surface area contributed by atoms with Gasteiger partial charge in [0.2, 0.25) is 0 Å². The van der Waals surface area contributed by atoms with Gasteiger partial charge >= 0.3 is 5.97 Å². The average Bonchev–Trinajstić information content (AvgIpc) is 2.57. The fourth-order valence-electron chi connectivity index (χ4n) is 2.17. The molecule has 0 aliphatic carbocycles. The molecule has 1 aromatic carbocycles. The van der Waals surface area contributed by atoms with Gasteiger partial charge in [0.1, 0.15) is 8.07 Å². The van der Waals surface area contributed by atoms with Crippen LogP contribution in [0.1, 0.15) is 48.9 Å². The van der Waals surface area contributed by atoms with E-state index in [0.717, 1.165) is 19.3 Å². The second kappa shape index (κ2) is 10.4. The number of carbonyl (C=O) groups excluding carboxylic acids is 1. The van der Waals surface area contributed by atoms with E-state index in [2.05, 4.69) is 26.6 Å². The van der Waals surface area contributed by atoms with E-state index in [-0.39, 0.29) is 0 Å². The highest BCUT2D eigenvalue weighted by atomic mass is 28.3. The summed E-state index contributed by atoms with van der Waals surface area (Å²) in [7, 11) is -1.58. The molecule has 0 atom stereocenters. The van der Waals surface area contributed by atoms with Crippen LogP contribution in [0.5, 0.6) is 0 Å². The lowest BCUT2D eigenvalue weighted by Crippen LogP contribution is -2.39. The SMILES string of the molecule is [CH2]CCCCCCCOOC(=O)c1ccc([Si](C)(C)C=C)cc1. The predicted molar refractivity (Wildman–Crippen MR) is 98.2 cm³/mol. The Hall–Kier alpha value is -1.39. The van der Waals surface area contributed by atoms with Crippen LogP contribution in [-0.4, -0.2) is 20.7 Å². The Balaban J connectivity index is 2.29. The van der Waals surface area contributed by atoms with Gasteiger partial charge in [0.05, 0.1) is 12.2 Å². The van der Waals surface area contributed by atoms with Gasteiger partial charge in [-0.3, -0.25) is 4.89 Å². The molecule has 1 aromatic rings. The van der Waals surface area contributed by atoms with Crippen molar-refractivity contribution in [3.63, 3.8) is 0 Å². The molecule has 0 heterocycles. The van der Waals surface area contributed by atoms with Crippen LogP contribution in [0.3, 0.4) is 0 Å². The quantitative estimate of drug-likeness (QED) is 0.257. The van der Waals surface area contributed by atoms with Crippen LogP contribution in [0.15, 0.2) is 36.5 Å². The third kappa shape index (κ3) is 7.14. The van der Waals surface area contributed by atoms with Crippen LogP contribution in [-0.2, 0) is 9.78 Å². The first-order valence-corrected chi connectivity index (χ1v) is 11.5. The minimum atomic E-state index is -1.58. The molecule has 0 saturated carbocycles. The predicted octanol–water partition coefficient (Wildman–Crippen LogP) is 4.59. The lowest BCUT2D eigenvalue weighted by atomic mass is 10.1. The minimum Gasteiger partial charge on any atom is -0.293 e. The molecule has 4 heteroatoms. The number of rotatable bonds is 11. The van der Waals surface area contributed by atoms with Crippen molar-refractivity contribution in [1.82, 2.24) is 0 Å². The molecular formula is C19H29O3Si. The van der Waals surface area contributed by atoms with Crippen molar-refractivity contribution in [3.8, 4) is 0 Å². The second-order valence-electron chi connectivity index (χ2n) is 6.32. The van der Waals surface area contributed by atoms with E-state index < -0.39 is 14.0 Å². The zero-order valence-electron chi connectivity index (χ0n) is 14.5. The van der Waals surface area contributed by atoms with Crippen LogP contribution in [0.4, 0.5) is 0 Å². The molecule has 23 heavy (non-hydrogen) atoms. The largest absolute Gasteiger partial charge is 0.373 e. The van der Waals surface area contributed by atoms with Crippen molar-refractivity contribution >= 4 is 19.2 Å². The Morgan fingerprint density at radius 1 is 1.09 bits per heavy atom. The van der Waals surface area contributed by atoms with Gasteiger partial charge in [0.15, 0.2) is 0 Å². The number of unbranched alkanes of at least 4 members (excludes halogenated alkanes) is 5. The maximum atomic E-state index is 11.9. The van der Waals surface area contributed by atoms with Crippen molar-refractivity contribution in [1.29, 1.82) is 0 Å². The highest BCUT2D eigenvalue weighted by molar-refractivity contribution is 6.93. The van der Waals surface area contributed by atoms with E-state index in [1.54, 1.807) is 12.1 Å². The van der Waals surface area contributed by atoms with Gasteiger partial charge in [-0.25, -0.2) is 4.79 Å². The smallest absolute Gasteiger partial charge is 0.293 e. The zero-order chi connectivity index (χ0) is 17.1. The van der Waals surface area contributed by atoms with Gasteiger partial charge in [-0.1, -0.05) is 75.1 Å². The fraction of sp³-hybridized carbons (Fsp3) is 0.474. The summed E-state index contributed by atoms with van der Waals surface area (Å²) in [6.45, 7) is 12.6. The van der Waals surface area contributed by atoms with Gasteiger partial charge in [0, 0.05) is 0 Å². The Bertz CT molecular complexity index is 480. The summed E-state index contributed by atoms with van der Waals surface area (Å²) in [6.07, 6.45) is 6.56. The van der Waals surface area contributed by atoms with Gasteiger partial charge < -0.3 is 0 Å². The van der Waals surface area contributed by atoms with E-state index in [9.17, 15) is 4.79 Å². The Labute approximate surface area is 141 Å². The molecule has 0 fully saturated rings. The first-order chi connectivity index (χ1) is 11.0. The van der Waals surface area contributed by atoms with Crippen LogP contribution in [0.2, 0.25) is 13.1 Å². The molecule has 0 aliphatic heterocycles. The van der Waals surface area contributed by atoms with Crippen molar-refractivity contribution < 1.29 is 14.6 Å². The molecule has 0 aromatic heterocycles. The van der Waals surface area contributed by atoms with Crippen molar-refractivity contribution in [2.45, 2.75) is 51.6 Å². The summed E-state index contributed by atoms with van der Waals surface area (Å²) in [5, 5.41) is 1.24. The molecule has 0 saturated heterocycles. The summed E-state index contributed by atoms with van der Waals surface area (Å²) in [5.74, 6) is -0.438. The van der Waals surface area contributed by atoms with E-state index in [1.165, 1.54) is 24.4 Å². The minimum absolute atomic E-state index is 0.438.